The lowest BCUT2D eigenvalue weighted by Gasteiger charge is -1.90. The van der Waals surface area contributed by atoms with Gasteiger partial charge in [0, 0.05) is 0 Å². The predicted octanol–water partition coefficient (Wildman–Crippen LogP) is 0.0227. The van der Waals surface area contributed by atoms with Crippen molar-refractivity contribution < 1.29 is 23.5 Å². The fourth-order valence-electron chi connectivity index (χ4n) is 0.198. The van der Waals surface area contributed by atoms with Gasteiger partial charge in [-0.2, -0.15) is 4.89 Å². The molecule has 1 N–H and O–H groups in total. The summed E-state index contributed by atoms with van der Waals surface area (Å²) in [4.78, 5) is 12.1. The van der Waals surface area contributed by atoms with Crippen LogP contribution >= 0.6 is 7.82 Å². The number of phosphoric acid groups is 1. The molecular weight excluding hydrogens is 123 g/mol. The second kappa shape index (κ2) is 1.54. The Balaban J connectivity index is 2.57. The molecular formula is CH3O5P. The SMILES string of the molecule is O=P1(O)OCOO1. The van der Waals surface area contributed by atoms with E-state index in [9.17, 15) is 4.57 Å². The third kappa shape index (κ3) is 1.22. The maximum atomic E-state index is 10.0. The Kier molecular flexibility index (Phi) is 1.15. The Labute approximate surface area is 39.3 Å². The lowest BCUT2D eigenvalue weighted by molar-refractivity contribution is -0.200. The van der Waals surface area contributed by atoms with Crippen molar-refractivity contribution in [2.24, 2.45) is 0 Å². The Morgan fingerprint density at radius 2 is 2.43 bits per heavy atom. The van der Waals surface area contributed by atoms with Crippen LogP contribution in [0.15, 0.2) is 0 Å². The molecule has 1 aliphatic rings. The lowest BCUT2D eigenvalue weighted by Crippen LogP contribution is -1.75. The van der Waals surface area contributed by atoms with Crippen molar-refractivity contribution in [3.05, 3.63) is 0 Å². The van der Waals surface area contributed by atoms with Gasteiger partial charge in [-0.1, -0.05) is 0 Å². The largest absolute Gasteiger partial charge is 0.501 e. The van der Waals surface area contributed by atoms with Gasteiger partial charge in [0.25, 0.3) is 0 Å². The highest BCUT2D eigenvalue weighted by molar-refractivity contribution is 7.47. The van der Waals surface area contributed by atoms with Gasteiger partial charge in [-0.15, -0.1) is 4.67 Å². The van der Waals surface area contributed by atoms with E-state index in [1.807, 2.05) is 0 Å². The van der Waals surface area contributed by atoms with Gasteiger partial charge in [-0.05, 0) is 0 Å². The number of phosphoric ester groups is 1. The summed E-state index contributed by atoms with van der Waals surface area (Å²) in [6, 6.07) is 0. The first-order chi connectivity index (χ1) is 3.21. The van der Waals surface area contributed by atoms with Crippen molar-refractivity contribution in [3.63, 3.8) is 0 Å². The molecule has 0 amide bonds. The summed E-state index contributed by atoms with van der Waals surface area (Å²) in [5, 5.41) is 0. The summed E-state index contributed by atoms with van der Waals surface area (Å²) < 4.78 is 17.7. The third-order valence-corrected chi connectivity index (χ3v) is 1.14. The van der Waals surface area contributed by atoms with Gasteiger partial charge in [-0.25, -0.2) is 4.57 Å². The molecule has 1 unspecified atom stereocenters. The first kappa shape index (κ1) is 5.21. The zero-order chi connectivity index (χ0) is 5.33. The van der Waals surface area contributed by atoms with Crippen LogP contribution in [-0.4, -0.2) is 11.7 Å². The van der Waals surface area contributed by atoms with Crippen LogP contribution in [0.2, 0.25) is 0 Å². The Bertz CT molecular complexity index is 98.6. The van der Waals surface area contributed by atoms with Gasteiger partial charge in [0.1, 0.15) is 0 Å². The van der Waals surface area contributed by atoms with Crippen molar-refractivity contribution in [1.29, 1.82) is 0 Å². The Hall–Kier alpha value is 0.0700. The number of hydrogen-bond acceptors (Lipinski definition) is 4. The normalized spacial score (nSPS) is 41.9. The van der Waals surface area contributed by atoms with Crippen LogP contribution in [0.5, 0.6) is 0 Å². The van der Waals surface area contributed by atoms with Crippen LogP contribution < -0.4 is 0 Å². The summed E-state index contributed by atoms with van der Waals surface area (Å²) in [6.07, 6.45) is 0. The lowest BCUT2D eigenvalue weighted by atomic mass is 11.5. The summed E-state index contributed by atoms with van der Waals surface area (Å²) in [5.74, 6) is 0. The first-order valence-corrected chi connectivity index (χ1v) is 2.99. The Morgan fingerprint density at radius 3 is 2.57 bits per heavy atom. The fourth-order valence-corrected chi connectivity index (χ4v) is 0.593. The molecule has 0 aromatic carbocycles. The molecule has 1 saturated heterocycles. The van der Waals surface area contributed by atoms with Crippen LogP contribution in [0.1, 0.15) is 0 Å². The maximum absolute atomic E-state index is 10.0. The minimum atomic E-state index is -3.77. The minimum Gasteiger partial charge on any atom is -0.301 e. The topological polar surface area (TPSA) is 65.0 Å². The fraction of sp³-hybridized carbons (Fsp3) is 1.00. The molecule has 0 aliphatic carbocycles. The zero-order valence-corrected chi connectivity index (χ0v) is 4.13. The van der Waals surface area contributed by atoms with E-state index in [0.29, 0.717) is 0 Å². The molecule has 1 fully saturated rings. The van der Waals surface area contributed by atoms with Crippen LogP contribution in [0.3, 0.4) is 0 Å². The smallest absolute Gasteiger partial charge is 0.301 e. The van der Waals surface area contributed by atoms with E-state index in [2.05, 4.69) is 14.1 Å². The zero-order valence-electron chi connectivity index (χ0n) is 3.23. The van der Waals surface area contributed by atoms with Crippen LogP contribution in [0.25, 0.3) is 0 Å². The molecule has 0 aromatic rings. The van der Waals surface area contributed by atoms with E-state index in [4.69, 9.17) is 4.89 Å². The predicted molar refractivity (Wildman–Crippen MR) is 17.9 cm³/mol. The van der Waals surface area contributed by atoms with Crippen molar-refractivity contribution in [1.82, 2.24) is 0 Å². The van der Waals surface area contributed by atoms with Crippen molar-refractivity contribution in [2.75, 3.05) is 6.79 Å². The molecule has 0 bridgehead atoms. The average molecular weight is 126 g/mol. The van der Waals surface area contributed by atoms with E-state index in [0.717, 1.165) is 0 Å². The molecule has 1 rings (SSSR count). The highest BCUT2D eigenvalue weighted by Crippen LogP contribution is 2.47. The third-order valence-electron chi connectivity index (χ3n) is 0.411. The van der Waals surface area contributed by atoms with Crippen LogP contribution in [-0.2, 0) is 18.7 Å². The molecule has 42 valence electrons. The standard InChI is InChI=1S/CH3O5P/c2-7(3)5-1-4-6-7/h1H2,(H,2,3). The van der Waals surface area contributed by atoms with Crippen LogP contribution in [0, 0.1) is 0 Å². The number of rotatable bonds is 0. The van der Waals surface area contributed by atoms with Gasteiger partial charge in [0.2, 0.25) is 0 Å². The second-order valence-electron chi connectivity index (χ2n) is 0.908. The summed E-state index contributed by atoms with van der Waals surface area (Å²) in [6.45, 7) is -0.270. The molecule has 1 aliphatic heterocycles. The van der Waals surface area contributed by atoms with Crippen molar-refractivity contribution in [3.8, 4) is 0 Å². The highest BCUT2D eigenvalue weighted by atomic mass is 31.2. The highest BCUT2D eigenvalue weighted by Gasteiger charge is 2.28. The molecule has 0 aromatic heterocycles. The van der Waals surface area contributed by atoms with E-state index in [-0.39, 0.29) is 6.79 Å². The van der Waals surface area contributed by atoms with E-state index < -0.39 is 7.82 Å². The monoisotopic (exact) mass is 126 g/mol. The van der Waals surface area contributed by atoms with Crippen molar-refractivity contribution in [2.45, 2.75) is 0 Å². The van der Waals surface area contributed by atoms with Gasteiger partial charge in [0.05, 0.1) is 0 Å². The second-order valence-corrected chi connectivity index (χ2v) is 2.25. The van der Waals surface area contributed by atoms with Gasteiger partial charge in [0.15, 0.2) is 6.79 Å². The molecule has 5 nitrogen and oxygen atoms in total. The maximum Gasteiger partial charge on any atom is 0.501 e. The molecule has 0 spiro atoms. The Morgan fingerprint density at radius 1 is 1.71 bits per heavy atom. The minimum absolute atomic E-state index is 0.270. The van der Waals surface area contributed by atoms with E-state index in [1.54, 1.807) is 0 Å². The molecule has 1 heterocycles. The summed E-state index contributed by atoms with van der Waals surface area (Å²) in [5.41, 5.74) is 0. The van der Waals surface area contributed by atoms with E-state index >= 15 is 0 Å². The molecule has 6 heteroatoms. The van der Waals surface area contributed by atoms with Gasteiger partial charge in [-0.3, -0.25) is 4.52 Å². The molecule has 7 heavy (non-hydrogen) atoms. The summed E-state index contributed by atoms with van der Waals surface area (Å²) in [7, 11) is -3.77. The molecule has 0 saturated carbocycles. The van der Waals surface area contributed by atoms with Gasteiger partial charge < -0.3 is 4.89 Å². The molecule has 1 atom stereocenters. The van der Waals surface area contributed by atoms with Gasteiger partial charge >= 0.3 is 7.82 Å². The van der Waals surface area contributed by atoms with E-state index in [1.165, 1.54) is 0 Å². The summed E-state index contributed by atoms with van der Waals surface area (Å²) >= 11 is 0. The molecule has 0 radical (unpaired) electrons. The van der Waals surface area contributed by atoms with Crippen LogP contribution in [0.4, 0.5) is 0 Å². The number of hydrogen-bond donors (Lipinski definition) is 1. The quantitative estimate of drug-likeness (QED) is 0.366. The van der Waals surface area contributed by atoms with Crippen molar-refractivity contribution >= 4 is 7.82 Å². The first-order valence-electron chi connectivity index (χ1n) is 1.49. The average Bonchev–Trinajstić information content (AvgIpc) is 1.84.